The maximum absolute atomic E-state index is 12.5. The van der Waals surface area contributed by atoms with E-state index in [2.05, 4.69) is 5.32 Å². The van der Waals surface area contributed by atoms with Crippen LogP contribution in [0.4, 0.5) is 13.2 Å². The lowest BCUT2D eigenvalue weighted by Crippen LogP contribution is -2.56. The number of halogens is 3. The molecule has 0 aliphatic heterocycles. The highest BCUT2D eigenvalue weighted by Gasteiger charge is 2.55. The van der Waals surface area contributed by atoms with E-state index in [0.717, 1.165) is 0 Å². The minimum absolute atomic E-state index is 0.0308. The van der Waals surface area contributed by atoms with Crippen LogP contribution in [0.15, 0.2) is 24.3 Å². The van der Waals surface area contributed by atoms with E-state index in [1.54, 1.807) is 12.1 Å². The maximum Gasteiger partial charge on any atom is 0.426 e. The summed E-state index contributed by atoms with van der Waals surface area (Å²) >= 11 is 0. The number of aromatic hydroxyl groups is 1. The summed E-state index contributed by atoms with van der Waals surface area (Å²) in [6.45, 7) is 1.91. The molecule has 0 aromatic heterocycles. The summed E-state index contributed by atoms with van der Waals surface area (Å²) in [6.07, 6.45) is -4.81. The molecule has 0 aliphatic rings. The van der Waals surface area contributed by atoms with Crippen molar-refractivity contribution in [3.05, 3.63) is 29.8 Å². The summed E-state index contributed by atoms with van der Waals surface area (Å²) in [5, 5.41) is 20.6. The van der Waals surface area contributed by atoms with Crippen molar-refractivity contribution in [3.63, 3.8) is 0 Å². The van der Waals surface area contributed by atoms with Crippen molar-refractivity contribution in [2.75, 3.05) is 0 Å². The van der Waals surface area contributed by atoms with Crippen LogP contribution in [-0.4, -0.2) is 33.9 Å². The molecule has 1 amide bonds. The van der Waals surface area contributed by atoms with Gasteiger partial charge in [-0.2, -0.15) is 13.2 Å². The second kappa shape index (κ2) is 5.70. The first-order valence-electron chi connectivity index (χ1n) is 5.92. The Morgan fingerprint density at radius 1 is 1.40 bits per heavy atom. The monoisotopic (exact) mass is 291 g/mol. The molecule has 0 heterocycles. The normalized spacial score (nSPS) is 16.3. The van der Waals surface area contributed by atoms with E-state index in [1.807, 2.05) is 0 Å². The number of hydrogen-bond donors (Lipinski definition) is 3. The van der Waals surface area contributed by atoms with Crippen LogP contribution in [0.2, 0.25) is 0 Å². The van der Waals surface area contributed by atoms with Gasteiger partial charge in [-0.25, -0.2) is 0 Å². The molecule has 4 nitrogen and oxygen atoms in total. The van der Waals surface area contributed by atoms with Crippen molar-refractivity contribution >= 4 is 5.91 Å². The number of carbonyl (C=O) groups excluding carboxylic acids is 1. The van der Waals surface area contributed by atoms with Crippen LogP contribution in [-0.2, 0) is 11.2 Å². The Morgan fingerprint density at radius 2 is 2.00 bits per heavy atom. The predicted octanol–water partition coefficient (Wildman–Crippen LogP) is 1.75. The number of carbonyl (C=O) groups is 1. The van der Waals surface area contributed by atoms with E-state index >= 15 is 0 Å². The molecule has 0 aliphatic carbocycles. The molecule has 0 spiro atoms. The van der Waals surface area contributed by atoms with Gasteiger partial charge in [0.2, 0.25) is 5.60 Å². The molecule has 0 saturated heterocycles. The smallest absolute Gasteiger partial charge is 0.426 e. The fourth-order valence-electron chi connectivity index (χ4n) is 1.58. The molecule has 7 heteroatoms. The van der Waals surface area contributed by atoms with Crippen molar-refractivity contribution in [1.82, 2.24) is 5.32 Å². The van der Waals surface area contributed by atoms with E-state index in [9.17, 15) is 28.2 Å². The first-order chi connectivity index (χ1) is 9.04. The van der Waals surface area contributed by atoms with Gasteiger partial charge >= 0.3 is 6.18 Å². The summed E-state index contributed by atoms with van der Waals surface area (Å²) in [5.74, 6) is -1.47. The third kappa shape index (κ3) is 3.86. The molecule has 20 heavy (non-hydrogen) atoms. The van der Waals surface area contributed by atoms with Crippen LogP contribution in [0.25, 0.3) is 0 Å². The van der Waals surface area contributed by atoms with Gasteiger partial charge in [-0.15, -0.1) is 0 Å². The molecule has 1 aromatic rings. The maximum atomic E-state index is 12.5. The molecule has 1 rings (SSSR count). The molecular weight excluding hydrogens is 275 g/mol. The van der Waals surface area contributed by atoms with Crippen LogP contribution in [0.3, 0.4) is 0 Å². The Bertz CT molecular complexity index is 486. The highest BCUT2D eigenvalue weighted by atomic mass is 19.4. The predicted molar refractivity (Wildman–Crippen MR) is 66.1 cm³/mol. The van der Waals surface area contributed by atoms with Gasteiger partial charge in [0.05, 0.1) is 0 Å². The van der Waals surface area contributed by atoms with Crippen LogP contribution in [0.5, 0.6) is 5.75 Å². The highest BCUT2D eigenvalue weighted by molar-refractivity contribution is 5.85. The number of rotatable bonds is 4. The SMILES string of the molecule is CC(Cc1cccc(O)c1)NC(=O)C(C)(O)C(F)(F)F. The van der Waals surface area contributed by atoms with Gasteiger partial charge in [-0.1, -0.05) is 12.1 Å². The summed E-state index contributed by atoms with van der Waals surface area (Å²) in [4.78, 5) is 11.4. The van der Waals surface area contributed by atoms with Crippen LogP contribution in [0, 0.1) is 0 Å². The lowest BCUT2D eigenvalue weighted by atomic mass is 10.0. The standard InChI is InChI=1S/C13H16F3NO3/c1-8(6-9-4-3-5-10(18)7-9)17-11(19)12(2,20)13(14,15)16/h3-5,7-8,18,20H,6H2,1-2H3,(H,17,19). The number of nitrogens with one attached hydrogen (secondary N) is 1. The van der Waals surface area contributed by atoms with E-state index < -0.39 is 23.7 Å². The highest BCUT2D eigenvalue weighted by Crippen LogP contribution is 2.30. The van der Waals surface area contributed by atoms with Gasteiger partial charge in [-0.05, 0) is 38.0 Å². The Labute approximate surface area is 114 Å². The number of amides is 1. The second-order valence-electron chi connectivity index (χ2n) is 4.82. The first-order valence-corrected chi connectivity index (χ1v) is 5.92. The molecule has 0 radical (unpaired) electrons. The number of alkyl halides is 3. The van der Waals surface area contributed by atoms with Gasteiger partial charge in [0, 0.05) is 6.04 Å². The molecule has 2 unspecified atom stereocenters. The second-order valence-corrected chi connectivity index (χ2v) is 4.82. The van der Waals surface area contributed by atoms with Gasteiger partial charge in [-0.3, -0.25) is 4.79 Å². The van der Waals surface area contributed by atoms with E-state index in [4.69, 9.17) is 0 Å². The number of phenolic OH excluding ortho intramolecular Hbond substituents is 1. The lowest BCUT2D eigenvalue weighted by Gasteiger charge is -2.26. The van der Waals surface area contributed by atoms with Gasteiger partial charge in [0.1, 0.15) is 5.75 Å². The summed E-state index contributed by atoms with van der Waals surface area (Å²) < 4.78 is 37.4. The molecular formula is C13H16F3NO3. The van der Waals surface area contributed by atoms with Crippen molar-refractivity contribution in [3.8, 4) is 5.75 Å². The van der Waals surface area contributed by atoms with E-state index in [1.165, 1.54) is 19.1 Å². The third-order valence-corrected chi connectivity index (χ3v) is 2.82. The molecule has 0 fully saturated rings. The van der Waals surface area contributed by atoms with Gasteiger partial charge in [0.25, 0.3) is 5.91 Å². The fraction of sp³-hybridized carbons (Fsp3) is 0.462. The average Bonchev–Trinajstić information content (AvgIpc) is 2.26. The topological polar surface area (TPSA) is 69.6 Å². The van der Waals surface area contributed by atoms with E-state index in [-0.39, 0.29) is 12.2 Å². The van der Waals surface area contributed by atoms with Gasteiger partial charge < -0.3 is 15.5 Å². The zero-order valence-corrected chi connectivity index (χ0v) is 11.0. The number of benzene rings is 1. The Hall–Kier alpha value is -1.76. The van der Waals surface area contributed by atoms with Crippen molar-refractivity contribution < 1.29 is 28.2 Å². The average molecular weight is 291 g/mol. The fourth-order valence-corrected chi connectivity index (χ4v) is 1.58. The minimum Gasteiger partial charge on any atom is -0.508 e. The van der Waals surface area contributed by atoms with Crippen LogP contribution >= 0.6 is 0 Å². The number of phenols is 1. The zero-order chi connectivity index (χ0) is 15.6. The van der Waals surface area contributed by atoms with Crippen LogP contribution < -0.4 is 5.32 Å². The molecule has 3 N–H and O–H groups in total. The summed E-state index contributed by atoms with van der Waals surface area (Å²) in [6, 6.07) is 5.54. The molecule has 1 aromatic carbocycles. The molecule has 0 saturated carbocycles. The van der Waals surface area contributed by atoms with Crippen molar-refractivity contribution in [2.45, 2.75) is 38.1 Å². The Balaban J connectivity index is 2.67. The Morgan fingerprint density at radius 3 is 2.50 bits per heavy atom. The minimum atomic E-state index is -5.04. The molecule has 0 bridgehead atoms. The van der Waals surface area contributed by atoms with Gasteiger partial charge in [0.15, 0.2) is 0 Å². The number of aliphatic hydroxyl groups is 1. The van der Waals surface area contributed by atoms with Crippen LogP contribution in [0.1, 0.15) is 19.4 Å². The van der Waals surface area contributed by atoms with Crippen molar-refractivity contribution in [2.24, 2.45) is 0 Å². The summed E-state index contributed by atoms with van der Waals surface area (Å²) in [5.41, 5.74) is -2.77. The first kappa shape index (κ1) is 16.3. The Kier molecular flexibility index (Phi) is 4.65. The largest absolute Gasteiger partial charge is 0.508 e. The lowest BCUT2D eigenvalue weighted by molar-refractivity contribution is -0.245. The zero-order valence-electron chi connectivity index (χ0n) is 11.0. The summed E-state index contributed by atoms with van der Waals surface area (Å²) in [7, 11) is 0. The molecule has 112 valence electrons. The quantitative estimate of drug-likeness (QED) is 0.791. The third-order valence-electron chi connectivity index (χ3n) is 2.82. The van der Waals surface area contributed by atoms with Crippen molar-refractivity contribution in [1.29, 1.82) is 0 Å². The molecule has 2 atom stereocenters. The number of hydrogen-bond acceptors (Lipinski definition) is 3. The van der Waals surface area contributed by atoms with E-state index in [0.29, 0.717) is 12.5 Å².